The third-order valence-electron chi connectivity index (χ3n) is 2.83. The first-order valence-electron chi connectivity index (χ1n) is 6.74. The summed E-state index contributed by atoms with van der Waals surface area (Å²) in [6, 6.07) is 9.59. The number of rotatable bonds is 7. The van der Waals surface area contributed by atoms with Gasteiger partial charge in [-0.15, -0.1) is 0 Å². The first kappa shape index (κ1) is 15.5. The summed E-state index contributed by atoms with van der Waals surface area (Å²) in [6.45, 7) is 3.94. The number of methoxy groups -OCH3 is 1. The maximum atomic E-state index is 5.87. The van der Waals surface area contributed by atoms with Crippen LogP contribution in [0, 0.1) is 6.92 Å². The van der Waals surface area contributed by atoms with Crippen LogP contribution in [0.5, 0.6) is 0 Å². The van der Waals surface area contributed by atoms with E-state index in [0.29, 0.717) is 25.6 Å². The van der Waals surface area contributed by atoms with Crippen molar-refractivity contribution >= 4 is 23.4 Å². The molecule has 0 saturated heterocycles. The number of halogens is 1. The van der Waals surface area contributed by atoms with Crippen LogP contribution in [-0.2, 0) is 11.3 Å². The van der Waals surface area contributed by atoms with Crippen LogP contribution in [0.2, 0.25) is 5.02 Å². The van der Waals surface area contributed by atoms with E-state index in [0.717, 1.165) is 22.1 Å². The van der Waals surface area contributed by atoms with Gasteiger partial charge < -0.3 is 15.4 Å². The van der Waals surface area contributed by atoms with Crippen LogP contribution >= 0.6 is 11.6 Å². The van der Waals surface area contributed by atoms with E-state index >= 15 is 0 Å². The molecule has 0 amide bonds. The van der Waals surface area contributed by atoms with E-state index in [1.807, 2.05) is 37.3 Å². The van der Waals surface area contributed by atoms with Gasteiger partial charge in [0.1, 0.15) is 5.82 Å². The van der Waals surface area contributed by atoms with Crippen molar-refractivity contribution in [2.75, 3.05) is 30.9 Å². The zero-order valence-electron chi connectivity index (χ0n) is 12.2. The summed E-state index contributed by atoms with van der Waals surface area (Å²) in [5, 5.41) is 7.15. The van der Waals surface area contributed by atoms with Crippen molar-refractivity contribution in [3.05, 3.63) is 46.6 Å². The lowest BCUT2D eigenvalue weighted by Gasteiger charge is -2.10. The van der Waals surface area contributed by atoms with Gasteiger partial charge in [-0.2, -0.15) is 4.98 Å². The lowest BCUT2D eigenvalue weighted by atomic mass is 10.2. The van der Waals surface area contributed by atoms with Gasteiger partial charge in [-0.1, -0.05) is 23.7 Å². The lowest BCUT2D eigenvalue weighted by Crippen LogP contribution is -2.11. The average Bonchev–Trinajstić information content (AvgIpc) is 2.46. The van der Waals surface area contributed by atoms with Crippen molar-refractivity contribution in [1.29, 1.82) is 0 Å². The van der Waals surface area contributed by atoms with Gasteiger partial charge in [-0.3, -0.25) is 0 Å². The molecule has 0 saturated carbocycles. The number of aromatic nitrogens is 2. The predicted molar refractivity (Wildman–Crippen MR) is 85.9 cm³/mol. The molecule has 21 heavy (non-hydrogen) atoms. The molecule has 2 N–H and O–H groups in total. The number of aryl methyl sites for hydroxylation is 1. The fraction of sp³-hybridized carbons (Fsp3) is 0.333. The minimum Gasteiger partial charge on any atom is -0.383 e. The smallest absolute Gasteiger partial charge is 0.225 e. The molecule has 0 spiro atoms. The summed E-state index contributed by atoms with van der Waals surface area (Å²) in [7, 11) is 1.67. The van der Waals surface area contributed by atoms with Crippen molar-refractivity contribution in [3.63, 3.8) is 0 Å². The Morgan fingerprint density at radius 2 is 1.90 bits per heavy atom. The Labute approximate surface area is 129 Å². The van der Waals surface area contributed by atoms with Gasteiger partial charge in [-0.05, 0) is 24.6 Å². The Bertz CT molecular complexity index is 574. The normalized spacial score (nSPS) is 10.4. The van der Waals surface area contributed by atoms with Crippen LogP contribution in [0.3, 0.4) is 0 Å². The molecular formula is C15H19ClN4O. The fourth-order valence-corrected chi connectivity index (χ4v) is 1.93. The standard InChI is InChI=1S/C15H19ClN4O/c1-11-9-14(17-7-8-21-2)20-15(19-11)18-10-12-3-5-13(16)6-4-12/h3-6,9H,7-8,10H2,1-2H3,(H2,17,18,19,20). The Hall–Kier alpha value is -1.85. The molecule has 0 unspecified atom stereocenters. The third-order valence-corrected chi connectivity index (χ3v) is 3.08. The predicted octanol–water partition coefficient (Wildman–Crippen LogP) is 3.11. The zero-order valence-corrected chi connectivity index (χ0v) is 12.9. The van der Waals surface area contributed by atoms with Gasteiger partial charge in [0, 0.05) is 37.0 Å². The largest absolute Gasteiger partial charge is 0.383 e. The molecule has 6 heteroatoms. The van der Waals surface area contributed by atoms with Gasteiger partial charge in [0.15, 0.2) is 0 Å². The van der Waals surface area contributed by atoms with E-state index in [4.69, 9.17) is 16.3 Å². The highest BCUT2D eigenvalue weighted by atomic mass is 35.5. The number of nitrogens with zero attached hydrogens (tertiary/aromatic N) is 2. The van der Waals surface area contributed by atoms with Crippen LogP contribution in [0.15, 0.2) is 30.3 Å². The van der Waals surface area contributed by atoms with Gasteiger partial charge in [0.05, 0.1) is 6.61 Å². The molecule has 1 heterocycles. The Kier molecular flexibility index (Phi) is 5.78. The van der Waals surface area contributed by atoms with E-state index in [-0.39, 0.29) is 0 Å². The number of ether oxygens (including phenoxy) is 1. The summed E-state index contributed by atoms with van der Waals surface area (Å²) >= 11 is 5.87. The van der Waals surface area contributed by atoms with Crippen LogP contribution in [0.1, 0.15) is 11.3 Å². The third kappa shape index (κ3) is 5.21. The van der Waals surface area contributed by atoms with Crippen molar-refractivity contribution < 1.29 is 4.74 Å². The highest BCUT2D eigenvalue weighted by molar-refractivity contribution is 6.30. The molecule has 1 aromatic heterocycles. The van der Waals surface area contributed by atoms with Gasteiger partial charge in [0.2, 0.25) is 5.95 Å². The monoisotopic (exact) mass is 306 g/mol. The molecule has 2 rings (SSSR count). The molecule has 0 aliphatic carbocycles. The van der Waals surface area contributed by atoms with E-state index in [1.165, 1.54) is 0 Å². The highest BCUT2D eigenvalue weighted by Crippen LogP contribution is 2.12. The SMILES string of the molecule is COCCNc1cc(C)nc(NCc2ccc(Cl)cc2)n1. The second-order valence-electron chi connectivity index (χ2n) is 4.62. The van der Waals surface area contributed by atoms with Crippen molar-refractivity contribution in [1.82, 2.24) is 9.97 Å². The second-order valence-corrected chi connectivity index (χ2v) is 5.05. The van der Waals surface area contributed by atoms with E-state index < -0.39 is 0 Å². The number of hydrogen-bond acceptors (Lipinski definition) is 5. The van der Waals surface area contributed by atoms with Gasteiger partial charge >= 0.3 is 0 Å². The number of anilines is 2. The molecule has 1 aromatic carbocycles. The maximum absolute atomic E-state index is 5.87. The van der Waals surface area contributed by atoms with Gasteiger partial charge in [-0.25, -0.2) is 4.98 Å². The Morgan fingerprint density at radius 1 is 1.14 bits per heavy atom. The summed E-state index contributed by atoms with van der Waals surface area (Å²) in [5.74, 6) is 1.39. The fourth-order valence-electron chi connectivity index (χ4n) is 1.80. The average molecular weight is 307 g/mol. The summed E-state index contributed by atoms with van der Waals surface area (Å²) in [5.41, 5.74) is 2.03. The molecule has 5 nitrogen and oxygen atoms in total. The quantitative estimate of drug-likeness (QED) is 0.770. The minimum atomic E-state index is 0.602. The van der Waals surface area contributed by atoms with E-state index in [9.17, 15) is 0 Å². The topological polar surface area (TPSA) is 59.1 Å². The van der Waals surface area contributed by atoms with Crippen LogP contribution < -0.4 is 10.6 Å². The maximum Gasteiger partial charge on any atom is 0.225 e. The van der Waals surface area contributed by atoms with Crippen molar-refractivity contribution in [2.45, 2.75) is 13.5 Å². The molecule has 0 aliphatic heterocycles. The first-order chi connectivity index (χ1) is 10.2. The Morgan fingerprint density at radius 3 is 2.62 bits per heavy atom. The summed E-state index contributed by atoms with van der Waals surface area (Å²) in [4.78, 5) is 8.80. The molecule has 0 radical (unpaired) electrons. The molecule has 0 aliphatic rings. The lowest BCUT2D eigenvalue weighted by molar-refractivity contribution is 0.210. The molecule has 0 bridgehead atoms. The van der Waals surface area contributed by atoms with E-state index in [2.05, 4.69) is 20.6 Å². The van der Waals surface area contributed by atoms with E-state index in [1.54, 1.807) is 7.11 Å². The Balaban J connectivity index is 1.97. The number of hydrogen-bond donors (Lipinski definition) is 2. The van der Waals surface area contributed by atoms with Crippen molar-refractivity contribution in [3.8, 4) is 0 Å². The molecule has 112 valence electrons. The molecule has 2 aromatic rings. The zero-order chi connectivity index (χ0) is 15.1. The highest BCUT2D eigenvalue weighted by Gasteiger charge is 2.02. The van der Waals surface area contributed by atoms with Crippen LogP contribution in [0.25, 0.3) is 0 Å². The van der Waals surface area contributed by atoms with Crippen LogP contribution in [-0.4, -0.2) is 30.2 Å². The van der Waals surface area contributed by atoms with Crippen LogP contribution in [0.4, 0.5) is 11.8 Å². The molecule has 0 atom stereocenters. The number of nitrogens with one attached hydrogen (secondary N) is 2. The molecular weight excluding hydrogens is 288 g/mol. The summed E-state index contributed by atoms with van der Waals surface area (Å²) in [6.07, 6.45) is 0. The minimum absolute atomic E-state index is 0.602. The summed E-state index contributed by atoms with van der Waals surface area (Å²) < 4.78 is 5.01. The van der Waals surface area contributed by atoms with Gasteiger partial charge in [0.25, 0.3) is 0 Å². The van der Waals surface area contributed by atoms with Crippen molar-refractivity contribution in [2.24, 2.45) is 0 Å². The first-order valence-corrected chi connectivity index (χ1v) is 7.12. The second kappa shape index (κ2) is 7.81. The number of benzene rings is 1. The molecule has 0 fully saturated rings.